The quantitative estimate of drug-likeness (QED) is 0.400. The highest BCUT2D eigenvalue weighted by molar-refractivity contribution is 7.85. The molecule has 0 aromatic rings. The normalized spacial score (nSPS) is 14.5. The topological polar surface area (TPSA) is 98.1 Å². The molecule has 0 saturated heterocycles. The molecule has 0 aliphatic rings. The van der Waals surface area contributed by atoms with Crippen LogP contribution in [0.2, 0.25) is 0 Å². The molecular weight excluding hydrogens is 246 g/mol. The molecule has 3 N–H and O–H groups in total. The lowest BCUT2D eigenvalue weighted by Crippen LogP contribution is -2.40. The molecule has 0 heterocycles. The highest BCUT2D eigenvalue weighted by atomic mass is 32.2. The van der Waals surface area contributed by atoms with Crippen molar-refractivity contribution in [1.82, 2.24) is 4.90 Å². The van der Waals surface area contributed by atoms with E-state index in [4.69, 9.17) is 4.55 Å². The Morgan fingerprint density at radius 2 is 1.82 bits per heavy atom. The molecule has 0 spiro atoms. The van der Waals surface area contributed by atoms with Crippen LogP contribution in [-0.4, -0.2) is 59.8 Å². The first-order chi connectivity index (χ1) is 7.80. The maximum atomic E-state index is 10.5. The van der Waals surface area contributed by atoms with Crippen LogP contribution in [0.1, 0.15) is 26.7 Å². The molecule has 0 aliphatic heterocycles. The molecule has 7 heteroatoms. The number of nitrogens with zero attached hydrogens (tertiary/aromatic N) is 1. The zero-order chi connectivity index (χ0) is 13.5. The van der Waals surface area contributed by atoms with Crippen LogP contribution in [0.25, 0.3) is 0 Å². The van der Waals surface area contributed by atoms with Crippen molar-refractivity contribution in [2.75, 3.05) is 25.6 Å². The molecule has 0 bridgehead atoms. The Labute approximate surface area is 103 Å². The van der Waals surface area contributed by atoms with Gasteiger partial charge < -0.3 is 10.2 Å². The van der Waals surface area contributed by atoms with E-state index in [1.807, 2.05) is 13.8 Å². The van der Waals surface area contributed by atoms with Crippen LogP contribution in [0, 0.1) is 5.92 Å². The van der Waals surface area contributed by atoms with Crippen LogP contribution >= 0.6 is 0 Å². The summed E-state index contributed by atoms with van der Waals surface area (Å²) in [5.41, 5.74) is 0. The van der Waals surface area contributed by atoms with Crippen LogP contribution in [0.5, 0.6) is 0 Å². The lowest BCUT2D eigenvalue weighted by atomic mass is 10.0. The van der Waals surface area contributed by atoms with E-state index < -0.39 is 10.1 Å². The van der Waals surface area contributed by atoms with Gasteiger partial charge in [-0.2, -0.15) is 8.42 Å². The Hall–Kier alpha value is -0.210. The fourth-order valence-corrected chi connectivity index (χ4v) is 2.20. The first-order valence-corrected chi connectivity index (χ1v) is 7.32. The van der Waals surface area contributed by atoms with Gasteiger partial charge in [0.25, 0.3) is 10.1 Å². The molecule has 17 heavy (non-hydrogen) atoms. The molecule has 0 amide bonds. The van der Waals surface area contributed by atoms with Crippen molar-refractivity contribution in [3.05, 3.63) is 0 Å². The second kappa shape index (κ2) is 7.99. The molecule has 0 aromatic heterocycles. The molecule has 1 atom stereocenters. The largest absolute Gasteiger partial charge is 0.395 e. The average molecular weight is 269 g/mol. The summed E-state index contributed by atoms with van der Waals surface area (Å²) >= 11 is 0. The summed E-state index contributed by atoms with van der Waals surface area (Å²) in [6.45, 7) is 4.04. The van der Waals surface area contributed by atoms with Crippen LogP contribution in [0.4, 0.5) is 0 Å². The fraction of sp³-hybridized carbons (Fsp3) is 1.00. The number of hydrogen-bond donors (Lipinski definition) is 3. The SMILES string of the molecule is CC(C)CC(CO)N(CO)CCCS(=O)(=O)O. The third-order valence-electron chi connectivity index (χ3n) is 2.50. The second-order valence-electron chi connectivity index (χ2n) is 4.56. The molecule has 104 valence electrons. The molecule has 0 aliphatic carbocycles. The van der Waals surface area contributed by atoms with Crippen molar-refractivity contribution >= 4 is 10.1 Å². The molecule has 0 fully saturated rings. The highest BCUT2D eigenvalue weighted by Gasteiger charge is 2.18. The molecule has 0 radical (unpaired) electrons. The Morgan fingerprint density at radius 1 is 1.24 bits per heavy atom. The first-order valence-electron chi connectivity index (χ1n) is 5.71. The van der Waals surface area contributed by atoms with Gasteiger partial charge >= 0.3 is 0 Å². The van der Waals surface area contributed by atoms with Gasteiger partial charge in [-0.3, -0.25) is 9.45 Å². The van der Waals surface area contributed by atoms with Crippen LogP contribution in [-0.2, 0) is 10.1 Å². The summed E-state index contributed by atoms with van der Waals surface area (Å²) in [6.07, 6.45) is 0.955. The van der Waals surface area contributed by atoms with E-state index in [9.17, 15) is 18.6 Å². The van der Waals surface area contributed by atoms with E-state index >= 15 is 0 Å². The van der Waals surface area contributed by atoms with Crippen molar-refractivity contribution < 1.29 is 23.2 Å². The van der Waals surface area contributed by atoms with Gasteiger partial charge in [-0.1, -0.05) is 13.8 Å². The molecule has 0 aromatic carbocycles. The zero-order valence-corrected chi connectivity index (χ0v) is 11.2. The lowest BCUT2D eigenvalue weighted by Gasteiger charge is -2.29. The van der Waals surface area contributed by atoms with Gasteiger partial charge in [-0.05, 0) is 18.8 Å². The Kier molecular flexibility index (Phi) is 7.89. The minimum atomic E-state index is -3.95. The minimum Gasteiger partial charge on any atom is -0.395 e. The van der Waals surface area contributed by atoms with E-state index in [-0.39, 0.29) is 31.6 Å². The van der Waals surface area contributed by atoms with Crippen LogP contribution in [0.15, 0.2) is 0 Å². The van der Waals surface area contributed by atoms with Crippen molar-refractivity contribution in [2.24, 2.45) is 5.92 Å². The Morgan fingerprint density at radius 3 is 2.18 bits per heavy atom. The average Bonchev–Trinajstić information content (AvgIpc) is 2.19. The predicted molar refractivity (Wildman–Crippen MR) is 65.2 cm³/mol. The van der Waals surface area contributed by atoms with Gasteiger partial charge in [-0.25, -0.2) is 0 Å². The van der Waals surface area contributed by atoms with Crippen molar-refractivity contribution in [3.8, 4) is 0 Å². The molecule has 6 nitrogen and oxygen atoms in total. The van der Waals surface area contributed by atoms with Gasteiger partial charge in [0.15, 0.2) is 0 Å². The summed E-state index contributed by atoms with van der Waals surface area (Å²) in [5.74, 6) is 0.0475. The Balaban J connectivity index is 4.20. The summed E-state index contributed by atoms with van der Waals surface area (Å²) in [4.78, 5) is 1.62. The summed E-state index contributed by atoms with van der Waals surface area (Å²) < 4.78 is 29.7. The maximum absolute atomic E-state index is 10.5. The third-order valence-corrected chi connectivity index (χ3v) is 3.30. The van der Waals surface area contributed by atoms with Crippen LogP contribution in [0.3, 0.4) is 0 Å². The zero-order valence-electron chi connectivity index (χ0n) is 10.4. The number of aliphatic hydroxyl groups is 2. The molecule has 0 rings (SSSR count). The van der Waals surface area contributed by atoms with Gasteiger partial charge in [-0.15, -0.1) is 0 Å². The van der Waals surface area contributed by atoms with E-state index in [2.05, 4.69) is 0 Å². The fourth-order valence-electron chi connectivity index (χ4n) is 1.70. The van der Waals surface area contributed by atoms with E-state index in [0.717, 1.165) is 6.42 Å². The van der Waals surface area contributed by atoms with Gasteiger partial charge in [0.05, 0.1) is 19.1 Å². The predicted octanol–water partition coefficient (Wildman–Crippen LogP) is -0.0769. The first kappa shape index (κ1) is 16.8. The van der Waals surface area contributed by atoms with E-state index in [0.29, 0.717) is 12.5 Å². The molecular formula is C10H23NO5S. The number of hydrogen-bond acceptors (Lipinski definition) is 5. The monoisotopic (exact) mass is 269 g/mol. The Bertz CT molecular complexity index is 291. The maximum Gasteiger partial charge on any atom is 0.264 e. The number of rotatable bonds is 9. The van der Waals surface area contributed by atoms with Crippen LogP contribution < -0.4 is 0 Å². The van der Waals surface area contributed by atoms with Crippen molar-refractivity contribution in [1.29, 1.82) is 0 Å². The van der Waals surface area contributed by atoms with E-state index in [1.165, 1.54) is 0 Å². The van der Waals surface area contributed by atoms with Gasteiger partial charge in [0, 0.05) is 12.6 Å². The summed E-state index contributed by atoms with van der Waals surface area (Å²) in [5, 5.41) is 18.4. The smallest absolute Gasteiger partial charge is 0.264 e. The summed E-state index contributed by atoms with van der Waals surface area (Å²) in [6, 6.07) is -0.179. The highest BCUT2D eigenvalue weighted by Crippen LogP contribution is 2.11. The van der Waals surface area contributed by atoms with Crippen molar-refractivity contribution in [3.63, 3.8) is 0 Å². The lowest BCUT2D eigenvalue weighted by molar-refractivity contribution is 0.0314. The molecule has 0 saturated carbocycles. The number of aliphatic hydroxyl groups excluding tert-OH is 2. The minimum absolute atomic E-state index is 0.0788. The second-order valence-corrected chi connectivity index (χ2v) is 6.13. The summed E-state index contributed by atoms with van der Waals surface area (Å²) in [7, 11) is -3.95. The van der Waals surface area contributed by atoms with Crippen molar-refractivity contribution in [2.45, 2.75) is 32.7 Å². The van der Waals surface area contributed by atoms with E-state index in [1.54, 1.807) is 4.90 Å². The third kappa shape index (κ3) is 8.50. The van der Waals surface area contributed by atoms with Gasteiger partial charge in [0.1, 0.15) is 0 Å². The molecule has 1 unspecified atom stereocenters. The standard InChI is InChI=1S/C10H23NO5S/c1-9(2)6-10(7-12)11(8-13)4-3-5-17(14,15)16/h9-10,12-13H,3-8H2,1-2H3,(H,14,15,16). The van der Waals surface area contributed by atoms with Gasteiger partial charge in [0.2, 0.25) is 0 Å².